The van der Waals surface area contributed by atoms with Crippen LogP contribution in [0.1, 0.15) is 59.3 Å². The first-order valence-corrected chi connectivity index (χ1v) is 5.38. The van der Waals surface area contributed by atoms with Crippen molar-refractivity contribution in [2.45, 2.75) is 65.4 Å². The van der Waals surface area contributed by atoms with Crippen LogP contribution in [0.4, 0.5) is 0 Å². The van der Waals surface area contributed by atoms with Gasteiger partial charge in [-0.15, -0.1) is 0 Å². The Morgan fingerprint density at radius 2 is 1.75 bits per heavy atom. The summed E-state index contributed by atoms with van der Waals surface area (Å²) in [5.74, 6) is 0.759. The van der Waals surface area contributed by atoms with E-state index in [1.807, 2.05) is 6.92 Å². The molecule has 1 unspecified atom stereocenters. The van der Waals surface area contributed by atoms with Crippen LogP contribution in [0.15, 0.2) is 0 Å². The second-order valence-corrected chi connectivity index (χ2v) is 3.88. The molecule has 0 spiro atoms. The summed E-state index contributed by atoms with van der Waals surface area (Å²) in [5, 5.41) is 9.25. The predicted molar refractivity (Wildman–Crippen MR) is 54.2 cm³/mol. The predicted octanol–water partition coefficient (Wildman–Crippen LogP) is 3.36. The molecule has 12 heavy (non-hydrogen) atoms. The van der Waals surface area contributed by atoms with Gasteiger partial charge in [0.2, 0.25) is 0 Å². The van der Waals surface area contributed by atoms with Crippen molar-refractivity contribution < 1.29 is 5.11 Å². The molecular formula is C11H24O. The zero-order chi connectivity index (χ0) is 9.40. The van der Waals surface area contributed by atoms with Gasteiger partial charge in [-0.2, -0.15) is 0 Å². The quantitative estimate of drug-likeness (QED) is 0.624. The monoisotopic (exact) mass is 172 g/mol. The zero-order valence-electron chi connectivity index (χ0n) is 8.84. The van der Waals surface area contributed by atoms with Gasteiger partial charge in [0.1, 0.15) is 0 Å². The summed E-state index contributed by atoms with van der Waals surface area (Å²) in [7, 11) is 0. The summed E-state index contributed by atoms with van der Waals surface area (Å²) in [6.45, 7) is 6.35. The highest BCUT2D eigenvalue weighted by molar-refractivity contribution is 4.62. The highest BCUT2D eigenvalue weighted by atomic mass is 16.3. The van der Waals surface area contributed by atoms with E-state index >= 15 is 0 Å². The Labute approximate surface area is 77.2 Å². The van der Waals surface area contributed by atoms with E-state index in [2.05, 4.69) is 13.8 Å². The number of hydrogen-bond donors (Lipinski definition) is 1. The Balaban J connectivity index is 3.54. The number of hydrogen-bond acceptors (Lipinski definition) is 1. The van der Waals surface area contributed by atoms with Gasteiger partial charge in [0, 0.05) is 0 Å². The largest absolute Gasteiger partial charge is 0.393 e. The van der Waals surface area contributed by atoms with E-state index in [0.717, 1.165) is 12.3 Å². The first-order chi connectivity index (χ1) is 5.70. The lowest BCUT2D eigenvalue weighted by atomic mass is 9.92. The minimum absolute atomic E-state index is 0.113. The molecule has 0 saturated carbocycles. The van der Waals surface area contributed by atoms with Crippen molar-refractivity contribution in [1.29, 1.82) is 0 Å². The summed E-state index contributed by atoms with van der Waals surface area (Å²) in [5.41, 5.74) is 0. The highest BCUT2D eigenvalue weighted by Crippen LogP contribution is 2.20. The molecule has 0 aromatic heterocycles. The smallest absolute Gasteiger partial charge is 0.0514 e. The summed E-state index contributed by atoms with van der Waals surface area (Å²) >= 11 is 0. The van der Waals surface area contributed by atoms with E-state index in [1.165, 1.54) is 32.1 Å². The fourth-order valence-corrected chi connectivity index (χ4v) is 1.76. The molecule has 0 aliphatic carbocycles. The average Bonchev–Trinajstić information content (AvgIpc) is 2.00. The summed E-state index contributed by atoms with van der Waals surface area (Å²) < 4.78 is 0. The Morgan fingerprint density at radius 3 is 2.17 bits per heavy atom. The molecule has 0 amide bonds. The van der Waals surface area contributed by atoms with E-state index in [9.17, 15) is 5.11 Å². The molecule has 0 aromatic rings. The molecule has 1 N–H and O–H groups in total. The SMILES string of the molecule is CCCCC(CCC)C[C@H](C)O. The third-order valence-electron chi connectivity index (χ3n) is 2.34. The second kappa shape index (κ2) is 7.60. The first kappa shape index (κ1) is 12.0. The fourth-order valence-electron chi connectivity index (χ4n) is 1.76. The average molecular weight is 172 g/mol. The molecule has 0 aliphatic rings. The normalized spacial score (nSPS) is 16.0. The molecule has 2 atom stereocenters. The van der Waals surface area contributed by atoms with E-state index in [1.54, 1.807) is 0 Å². The van der Waals surface area contributed by atoms with Crippen LogP contribution in [-0.2, 0) is 0 Å². The van der Waals surface area contributed by atoms with Crippen molar-refractivity contribution in [1.82, 2.24) is 0 Å². The van der Waals surface area contributed by atoms with Gasteiger partial charge in [-0.3, -0.25) is 0 Å². The van der Waals surface area contributed by atoms with E-state index in [0.29, 0.717) is 0 Å². The van der Waals surface area contributed by atoms with Crippen LogP contribution in [0, 0.1) is 5.92 Å². The maximum atomic E-state index is 9.25. The van der Waals surface area contributed by atoms with E-state index < -0.39 is 0 Å². The minimum Gasteiger partial charge on any atom is -0.393 e. The molecule has 1 heteroatoms. The fraction of sp³-hybridized carbons (Fsp3) is 1.00. The third-order valence-corrected chi connectivity index (χ3v) is 2.34. The van der Waals surface area contributed by atoms with Gasteiger partial charge >= 0.3 is 0 Å². The molecule has 0 aromatic carbocycles. The van der Waals surface area contributed by atoms with Crippen LogP contribution >= 0.6 is 0 Å². The van der Waals surface area contributed by atoms with E-state index in [-0.39, 0.29) is 6.10 Å². The van der Waals surface area contributed by atoms with E-state index in [4.69, 9.17) is 0 Å². The number of aliphatic hydroxyl groups excluding tert-OH is 1. The molecule has 0 aliphatic heterocycles. The topological polar surface area (TPSA) is 20.2 Å². The highest BCUT2D eigenvalue weighted by Gasteiger charge is 2.09. The molecule has 0 radical (unpaired) electrons. The molecule has 0 bridgehead atoms. The molecule has 0 rings (SSSR count). The molecule has 0 saturated heterocycles. The van der Waals surface area contributed by atoms with Crippen molar-refractivity contribution in [2.75, 3.05) is 0 Å². The maximum absolute atomic E-state index is 9.25. The summed E-state index contributed by atoms with van der Waals surface area (Å²) in [6, 6.07) is 0. The molecule has 0 fully saturated rings. The van der Waals surface area contributed by atoms with Gasteiger partial charge in [-0.1, -0.05) is 46.0 Å². The number of rotatable bonds is 7. The Kier molecular flexibility index (Phi) is 7.58. The van der Waals surface area contributed by atoms with Crippen molar-refractivity contribution in [3.8, 4) is 0 Å². The summed E-state index contributed by atoms with van der Waals surface area (Å²) in [6.07, 6.45) is 7.31. The van der Waals surface area contributed by atoms with Crippen LogP contribution in [0.5, 0.6) is 0 Å². The van der Waals surface area contributed by atoms with Gasteiger partial charge in [0.25, 0.3) is 0 Å². The van der Waals surface area contributed by atoms with Crippen molar-refractivity contribution in [3.05, 3.63) is 0 Å². The van der Waals surface area contributed by atoms with Crippen LogP contribution in [0.3, 0.4) is 0 Å². The van der Waals surface area contributed by atoms with Crippen LogP contribution in [0.25, 0.3) is 0 Å². The molecular weight excluding hydrogens is 148 g/mol. The van der Waals surface area contributed by atoms with Crippen molar-refractivity contribution >= 4 is 0 Å². The second-order valence-electron chi connectivity index (χ2n) is 3.88. The van der Waals surface area contributed by atoms with Crippen molar-refractivity contribution in [3.63, 3.8) is 0 Å². The lowest BCUT2D eigenvalue weighted by molar-refractivity contribution is 0.153. The van der Waals surface area contributed by atoms with Crippen LogP contribution in [0.2, 0.25) is 0 Å². The van der Waals surface area contributed by atoms with Gasteiger partial charge in [-0.05, 0) is 19.3 Å². The first-order valence-electron chi connectivity index (χ1n) is 5.38. The Hall–Kier alpha value is -0.0400. The van der Waals surface area contributed by atoms with Crippen LogP contribution in [-0.4, -0.2) is 11.2 Å². The lowest BCUT2D eigenvalue weighted by Crippen LogP contribution is -2.09. The number of aliphatic hydroxyl groups is 1. The van der Waals surface area contributed by atoms with Gasteiger partial charge in [0.15, 0.2) is 0 Å². The minimum atomic E-state index is -0.113. The Morgan fingerprint density at radius 1 is 1.08 bits per heavy atom. The standard InChI is InChI=1S/C11H24O/c1-4-6-8-11(7-5-2)9-10(3)12/h10-12H,4-9H2,1-3H3/t10-,11?/m0/s1. The Bertz CT molecular complexity index is 89.0. The molecule has 1 nitrogen and oxygen atoms in total. The van der Waals surface area contributed by atoms with Gasteiger partial charge in [0.05, 0.1) is 6.10 Å². The van der Waals surface area contributed by atoms with Gasteiger partial charge in [-0.25, -0.2) is 0 Å². The maximum Gasteiger partial charge on any atom is 0.0514 e. The number of unbranched alkanes of at least 4 members (excludes halogenated alkanes) is 1. The lowest BCUT2D eigenvalue weighted by Gasteiger charge is -2.16. The van der Waals surface area contributed by atoms with Crippen LogP contribution < -0.4 is 0 Å². The third kappa shape index (κ3) is 6.66. The zero-order valence-corrected chi connectivity index (χ0v) is 8.84. The summed E-state index contributed by atoms with van der Waals surface area (Å²) in [4.78, 5) is 0. The molecule has 74 valence electrons. The molecule has 0 heterocycles. The van der Waals surface area contributed by atoms with Crippen molar-refractivity contribution in [2.24, 2.45) is 5.92 Å². The van der Waals surface area contributed by atoms with Gasteiger partial charge < -0.3 is 5.11 Å².